The first-order valence-electron chi connectivity index (χ1n) is 5.22. The molecule has 0 spiro atoms. The number of ether oxygens (including phenoxy) is 1. The zero-order chi connectivity index (χ0) is 16.0. The van der Waals surface area contributed by atoms with Gasteiger partial charge in [0.05, 0.1) is 22.3 Å². The van der Waals surface area contributed by atoms with Gasteiger partial charge in [-0.2, -0.15) is 0 Å². The Kier molecular flexibility index (Phi) is 6.32. The molecule has 0 aromatic heterocycles. The Hall–Kier alpha value is -1.93. The van der Waals surface area contributed by atoms with Gasteiger partial charge in [0.1, 0.15) is 5.02 Å². The second-order valence-electron chi connectivity index (χ2n) is 3.56. The Morgan fingerprint density at radius 2 is 2.00 bits per heavy atom. The molecule has 0 aliphatic carbocycles. The summed E-state index contributed by atoms with van der Waals surface area (Å²) in [6.07, 6.45) is -0.426. The van der Waals surface area contributed by atoms with E-state index in [9.17, 15) is 25.0 Å². The normalized spacial score (nSPS) is 9.43. The molecule has 0 heterocycles. The highest BCUT2D eigenvalue weighted by Gasteiger charge is 2.24. The molecule has 0 saturated carbocycles. The Bertz CT molecular complexity index is 667. The Morgan fingerprint density at radius 3 is 2.52 bits per heavy atom. The minimum absolute atomic E-state index is 0.0509. The van der Waals surface area contributed by atoms with Crippen LogP contribution in [-0.4, -0.2) is 22.4 Å². The van der Waals surface area contributed by atoms with Crippen molar-refractivity contribution in [3.05, 3.63) is 42.9 Å². The number of nitro groups is 2. The number of esters is 1. The summed E-state index contributed by atoms with van der Waals surface area (Å²) in [4.78, 5) is 31.4. The summed E-state index contributed by atoms with van der Waals surface area (Å²) in [6, 6.07) is 1.74. The molecule has 0 unspecified atom stereocenters. The van der Waals surface area contributed by atoms with Gasteiger partial charge in [0.2, 0.25) is 0 Å². The van der Waals surface area contributed by atoms with Crippen LogP contribution in [0.4, 0.5) is 11.4 Å². The molecule has 10 heteroatoms. The van der Waals surface area contributed by atoms with Gasteiger partial charge in [0.25, 0.3) is 11.4 Å². The second kappa shape index (κ2) is 7.75. The van der Waals surface area contributed by atoms with Crippen LogP contribution >= 0.6 is 34.2 Å². The van der Waals surface area contributed by atoms with E-state index in [-0.39, 0.29) is 17.2 Å². The summed E-state index contributed by atoms with van der Waals surface area (Å²) in [5, 5.41) is 21.2. The van der Waals surface area contributed by atoms with E-state index >= 15 is 0 Å². The van der Waals surface area contributed by atoms with Crippen molar-refractivity contribution in [3.63, 3.8) is 0 Å². The first-order valence-corrected chi connectivity index (χ1v) is 6.67. The van der Waals surface area contributed by atoms with E-state index in [0.717, 1.165) is 12.1 Å². The third kappa shape index (κ3) is 4.83. The number of rotatable bonds is 5. The fraction of sp³-hybridized carbons (Fsp3) is 0.182. The summed E-state index contributed by atoms with van der Waals surface area (Å²) < 4.78 is 7.21. The molecule has 0 aliphatic heterocycles. The predicted molar refractivity (Wildman–Crippen MR) is 81.2 cm³/mol. The lowest BCUT2D eigenvalue weighted by molar-refractivity contribution is -0.394. The summed E-state index contributed by atoms with van der Waals surface area (Å²) in [5.41, 5.74) is -1.22. The van der Waals surface area contributed by atoms with Crippen molar-refractivity contribution in [2.24, 2.45) is 0 Å². The monoisotopic (exact) mass is 424 g/mol. The zero-order valence-electron chi connectivity index (χ0n) is 10.2. The molecule has 0 saturated heterocycles. The van der Waals surface area contributed by atoms with Crippen molar-refractivity contribution >= 4 is 51.5 Å². The van der Waals surface area contributed by atoms with E-state index in [0.29, 0.717) is 0 Å². The number of benzene rings is 1. The number of halogens is 2. The van der Waals surface area contributed by atoms with Gasteiger partial charge in [-0.1, -0.05) is 17.5 Å². The largest absolute Gasteiger partial charge is 0.452 e. The molecule has 0 amide bonds. The number of nitrogens with zero attached hydrogens (tertiary/aromatic N) is 2. The SMILES string of the molecule is O=C(Cc1cc([N+](=O)[O-])cc([N+](=O)[O-])c1Cl)OCC#CI. The molecule has 21 heavy (non-hydrogen) atoms. The van der Waals surface area contributed by atoms with Crippen LogP contribution in [-0.2, 0) is 16.0 Å². The molecule has 1 rings (SSSR count). The van der Waals surface area contributed by atoms with Crippen LogP contribution in [0.1, 0.15) is 5.56 Å². The highest BCUT2D eigenvalue weighted by molar-refractivity contribution is 14.1. The van der Waals surface area contributed by atoms with Crippen molar-refractivity contribution in [1.82, 2.24) is 0 Å². The van der Waals surface area contributed by atoms with E-state index in [4.69, 9.17) is 16.3 Å². The lowest BCUT2D eigenvalue weighted by Crippen LogP contribution is -2.09. The third-order valence-electron chi connectivity index (χ3n) is 2.23. The number of hydrogen-bond acceptors (Lipinski definition) is 6. The van der Waals surface area contributed by atoms with E-state index in [2.05, 4.69) is 9.85 Å². The van der Waals surface area contributed by atoms with Gasteiger partial charge in [0.15, 0.2) is 6.61 Å². The Balaban J connectivity index is 3.09. The molecule has 1 aromatic rings. The number of hydrogen-bond donors (Lipinski definition) is 0. The average molecular weight is 425 g/mol. The molecule has 0 atom stereocenters. The number of carbonyl (C=O) groups excluding carboxylic acids is 1. The van der Waals surface area contributed by atoms with Crippen LogP contribution in [0.15, 0.2) is 12.1 Å². The maximum Gasteiger partial charge on any atom is 0.311 e. The van der Waals surface area contributed by atoms with Gasteiger partial charge in [-0.25, -0.2) is 0 Å². The summed E-state index contributed by atoms with van der Waals surface area (Å²) in [7, 11) is 0. The second-order valence-corrected chi connectivity index (χ2v) is 4.48. The molecule has 0 radical (unpaired) electrons. The van der Waals surface area contributed by atoms with Crippen LogP contribution in [0.25, 0.3) is 0 Å². The van der Waals surface area contributed by atoms with Gasteiger partial charge < -0.3 is 4.74 Å². The molecule has 0 N–H and O–H groups in total. The highest BCUT2D eigenvalue weighted by atomic mass is 127. The number of non-ortho nitro benzene ring substituents is 1. The van der Waals surface area contributed by atoms with Gasteiger partial charge in [-0.3, -0.25) is 25.0 Å². The minimum atomic E-state index is -0.855. The average Bonchev–Trinajstić information content (AvgIpc) is 2.40. The first kappa shape index (κ1) is 17.1. The fourth-order valence-corrected chi connectivity index (χ4v) is 1.77. The van der Waals surface area contributed by atoms with Crippen LogP contribution in [0.3, 0.4) is 0 Å². The van der Waals surface area contributed by atoms with Gasteiger partial charge in [-0.15, -0.1) is 0 Å². The van der Waals surface area contributed by atoms with Crippen LogP contribution in [0.2, 0.25) is 5.02 Å². The Morgan fingerprint density at radius 1 is 1.33 bits per heavy atom. The van der Waals surface area contributed by atoms with Crippen molar-refractivity contribution < 1.29 is 19.4 Å². The molecular formula is C11H6ClIN2O6. The van der Waals surface area contributed by atoms with Gasteiger partial charge in [0, 0.05) is 28.7 Å². The van der Waals surface area contributed by atoms with E-state index in [1.807, 2.05) is 0 Å². The minimum Gasteiger partial charge on any atom is -0.452 e. The summed E-state index contributed by atoms with van der Waals surface area (Å²) in [6.45, 7) is -0.142. The molecular weight excluding hydrogens is 418 g/mol. The topological polar surface area (TPSA) is 113 Å². The highest BCUT2D eigenvalue weighted by Crippen LogP contribution is 2.33. The maximum atomic E-state index is 11.5. The van der Waals surface area contributed by atoms with Gasteiger partial charge in [-0.05, 0) is 9.49 Å². The van der Waals surface area contributed by atoms with Crippen molar-refractivity contribution in [1.29, 1.82) is 0 Å². The Labute approximate surface area is 136 Å². The van der Waals surface area contributed by atoms with Gasteiger partial charge >= 0.3 is 5.97 Å². The predicted octanol–water partition coefficient (Wildman–Crippen LogP) is 2.64. The number of carbonyl (C=O) groups is 1. The van der Waals surface area contributed by atoms with E-state index in [1.54, 1.807) is 22.6 Å². The summed E-state index contributed by atoms with van der Waals surface area (Å²) in [5.74, 6) is 1.74. The van der Waals surface area contributed by atoms with Crippen LogP contribution in [0, 0.1) is 30.1 Å². The smallest absolute Gasteiger partial charge is 0.311 e. The molecule has 8 nitrogen and oxygen atoms in total. The van der Waals surface area contributed by atoms with Crippen molar-refractivity contribution in [3.8, 4) is 9.85 Å². The van der Waals surface area contributed by atoms with Crippen LogP contribution < -0.4 is 0 Å². The zero-order valence-corrected chi connectivity index (χ0v) is 13.1. The molecule has 0 fully saturated rings. The van der Waals surface area contributed by atoms with Crippen molar-refractivity contribution in [2.75, 3.05) is 6.61 Å². The lowest BCUT2D eigenvalue weighted by Gasteiger charge is -2.05. The molecule has 110 valence electrons. The lowest BCUT2D eigenvalue weighted by atomic mass is 10.1. The number of nitro benzene ring substituents is 2. The van der Waals surface area contributed by atoms with Crippen LogP contribution in [0.5, 0.6) is 0 Å². The first-order chi connectivity index (χ1) is 9.86. The maximum absolute atomic E-state index is 11.5. The van der Waals surface area contributed by atoms with E-state index in [1.165, 1.54) is 0 Å². The molecule has 0 aliphatic rings. The van der Waals surface area contributed by atoms with Crippen molar-refractivity contribution in [2.45, 2.75) is 6.42 Å². The van der Waals surface area contributed by atoms with E-state index < -0.39 is 33.6 Å². The molecule has 0 bridgehead atoms. The molecule has 1 aromatic carbocycles. The quantitative estimate of drug-likeness (QED) is 0.236. The third-order valence-corrected chi connectivity index (χ3v) is 3.05. The fourth-order valence-electron chi connectivity index (χ4n) is 1.37. The summed E-state index contributed by atoms with van der Waals surface area (Å²) >= 11 is 7.55. The standard InChI is InChI=1S/C11H6ClIN2O6/c12-11-7(5-10(16)21-3-1-2-13)4-8(14(17)18)6-9(11)15(19)20/h4,6H,3,5H2.